The zero-order valence-corrected chi connectivity index (χ0v) is 23.2. The number of carbonyl (C=O) groups is 4. The molecule has 210 valence electrons. The minimum absolute atomic E-state index is 0.00953. The minimum Gasteiger partial charge on any atom is -0.449 e. The highest BCUT2D eigenvalue weighted by atomic mass is 16.5. The Balaban J connectivity index is 1.51. The molecule has 0 fully saturated rings. The van der Waals surface area contributed by atoms with E-state index in [9.17, 15) is 19.2 Å². The van der Waals surface area contributed by atoms with Gasteiger partial charge in [-0.05, 0) is 53.9 Å². The Kier molecular flexibility index (Phi) is 11.1. The van der Waals surface area contributed by atoms with Crippen LogP contribution in [0.2, 0.25) is 0 Å². The van der Waals surface area contributed by atoms with Gasteiger partial charge in [0, 0.05) is 31.2 Å². The third kappa shape index (κ3) is 8.40. The van der Waals surface area contributed by atoms with Crippen molar-refractivity contribution < 1.29 is 23.9 Å². The van der Waals surface area contributed by atoms with Crippen LogP contribution in [-0.2, 0) is 19.1 Å². The number of rotatable bonds is 15. The molecule has 3 rings (SSSR count). The highest BCUT2D eigenvalue weighted by Crippen LogP contribution is 2.44. The lowest BCUT2D eigenvalue weighted by atomic mass is 9.89. The van der Waals surface area contributed by atoms with Crippen molar-refractivity contribution in [2.24, 2.45) is 17.6 Å². The fraction of sp³-hybridized carbons (Fsp3) is 0.484. The summed E-state index contributed by atoms with van der Waals surface area (Å²) in [5, 5.41) is 5.55. The maximum atomic E-state index is 13.0. The van der Waals surface area contributed by atoms with Gasteiger partial charge in [0.05, 0.1) is 6.04 Å². The number of nitrogens with one attached hydrogen (secondary N) is 2. The minimum atomic E-state index is -0.734. The van der Waals surface area contributed by atoms with Crippen LogP contribution in [-0.4, -0.2) is 42.9 Å². The molecule has 2 aromatic rings. The molecule has 1 aliphatic carbocycles. The van der Waals surface area contributed by atoms with Gasteiger partial charge in [-0.2, -0.15) is 0 Å². The number of amides is 3. The van der Waals surface area contributed by atoms with E-state index >= 15 is 0 Å². The van der Waals surface area contributed by atoms with Gasteiger partial charge < -0.3 is 21.1 Å². The fourth-order valence-electron chi connectivity index (χ4n) is 5.21. The van der Waals surface area contributed by atoms with Gasteiger partial charge in [-0.3, -0.25) is 14.4 Å². The number of hydrogen-bond acceptors (Lipinski definition) is 5. The summed E-state index contributed by atoms with van der Waals surface area (Å²) < 4.78 is 5.57. The van der Waals surface area contributed by atoms with Gasteiger partial charge in [0.15, 0.2) is 5.78 Å². The molecule has 0 radical (unpaired) electrons. The number of Topliss-reactive ketones (excluding diaryl/α,β-unsaturated/α-hetero) is 1. The summed E-state index contributed by atoms with van der Waals surface area (Å²) in [7, 11) is 0. The zero-order chi connectivity index (χ0) is 28.4. The molecule has 1 aliphatic rings. The lowest BCUT2D eigenvalue weighted by Crippen LogP contribution is -2.43. The Morgan fingerprint density at radius 3 is 2.15 bits per heavy atom. The fourth-order valence-corrected chi connectivity index (χ4v) is 5.21. The summed E-state index contributed by atoms with van der Waals surface area (Å²) in [5.74, 6) is -1.31. The quantitative estimate of drug-likeness (QED) is 0.285. The monoisotopic (exact) mass is 535 g/mol. The topological polar surface area (TPSA) is 128 Å². The molecule has 0 heterocycles. The summed E-state index contributed by atoms with van der Waals surface area (Å²) >= 11 is 0. The second-order valence-electron chi connectivity index (χ2n) is 10.7. The molecule has 2 atom stereocenters. The first-order chi connectivity index (χ1) is 18.7. The Morgan fingerprint density at radius 1 is 0.974 bits per heavy atom. The van der Waals surface area contributed by atoms with Crippen LogP contribution in [0.25, 0.3) is 11.1 Å². The molecule has 8 nitrogen and oxygen atoms in total. The number of ether oxygens (including phenoxy) is 1. The van der Waals surface area contributed by atoms with Gasteiger partial charge in [-0.25, -0.2) is 4.79 Å². The molecule has 0 aliphatic heterocycles. The summed E-state index contributed by atoms with van der Waals surface area (Å²) in [4.78, 5) is 49.6. The van der Waals surface area contributed by atoms with E-state index in [-0.39, 0.29) is 43.1 Å². The van der Waals surface area contributed by atoms with E-state index < -0.39 is 24.0 Å². The number of hydrogen-bond donors (Lipinski definition) is 3. The summed E-state index contributed by atoms with van der Waals surface area (Å²) in [6, 6.07) is 15.6. The molecule has 0 aromatic heterocycles. The molecule has 8 heteroatoms. The molecule has 39 heavy (non-hydrogen) atoms. The highest BCUT2D eigenvalue weighted by molar-refractivity contribution is 5.92. The smallest absolute Gasteiger partial charge is 0.407 e. The first-order valence-corrected chi connectivity index (χ1v) is 13.9. The molecule has 0 unspecified atom stereocenters. The van der Waals surface area contributed by atoms with E-state index in [1.54, 1.807) is 0 Å². The molecular formula is C31H41N3O5. The summed E-state index contributed by atoms with van der Waals surface area (Å²) in [5.41, 5.74) is 10.1. The van der Waals surface area contributed by atoms with Crippen LogP contribution < -0.4 is 16.4 Å². The molecule has 0 saturated carbocycles. The maximum absolute atomic E-state index is 13.0. The lowest BCUT2D eigenvalue weighted by Gasteiger charge is -2.21. The number of benzene rings is 2. The normalized spacial score (nSPS) is 13.7. The van der Waals surface area contributed by atoms with Gasteiger partial charge in [0.1, 0.15) is 6.61 Å². The van der Waals surface area contributed by atoms with Crippen molar-refractivity contribution >= 4 is 23.7 Å². The predicted octanol–water partition coefficient (Wildman–Crippen LogP) is 4.70. The van der Waals surface area contributed by atoms with Gasteiger partial charge >= 0.3 is 6.09 Å². The average molecular weight is 536 g/mol. The molecule has 3 amide bonds. The molecule has 2 aromatic carbocycles. The van der Waals surface area contributed by atoms with Gasteiger partial charge in [0.2, 0.25) is 11.8 Å². The highest BCUT2D eigenvalue weighted by Gasteiger charge is 2.29. The maximum Gasteiger partial charge on any atom is 0.407 e. The van der Waals surface area contributed by atoms with Crippen LogP contribution in [0.4, 0.5) is 4.79 Å². The van der Waals surface area contributed by atoms with Crippen molar-refractivity contribution in [2.75, 3.05) is 13.2 Å². The molecule has 0 saturated heterocycles. The Bertz CT molecular complexity index is 1120. The Hall–Kier alpha value is -3.68. The third-order valence-electron chi connectivity index (χ3n) is 7.09. The number of alkyl carbamates (subject to hydrolysis) is 1. The van der Waals surface area contributed by atoms with Gasteiger partial charge in [-0.15, -0.1) is 0 Å². The van der Waals surface area contributed by atoms with E-state index in [1.807, 2.05) is 45.0 Å². The number of nitrogens with two attached hydrogens (primary N) is 1. The zero-order valence-electron chi connectivity index (χ0n) is 23.2. The average Bonchev–Trinajstić information content (AvgIpc) is 3.22. The third-order valence-corrected chi connectivity index (χ3v) is 7.09. The molecule has 0 spiro atoms. The van der Waals surface area contributed by atoms with Crippen molar-refractivity contribution in [3.05, 3.63) is 59.7 Å². The van der Waals surface area contributed by atoms with Crippen molar-refractivity contribution in [3.63, 3.8) is 0 Å². The van der Waals surface area contributed by atoms with E-state index in [2.05, 4.69) is 34.9 Å². The van der Waals surface area contributed by atoms with Crippen LogP contribution in [0.5, 0.6) is 0 Å². The Labute approximate surface area is 231 Å². The van der Waals surface area contributed by atoms with Gasteiger partial charge in [0.25, 0.3) is 0 Å². The second kappa shape index (κ2) is 14.5. The molecular weight excluding hydrogens is 494 g/mol. The first-order valence-electron chi connectivity index (χ1n) is 13.9. The van der Waals surface area contributed by atoms with E-state index in [0.29, 0.717) is 32.1 Å². The molecule has 4 N–H and O–H groups in total. The van der Waals surface area contributed by atoms with Crippen molar-refractivity contribution in [3.8, 4) is 11.1 Å². The van der Waals surface area contributed by atoms with E-state index in [1.165, 1.54) is 0 Å². The predicted molar refractivity (Wildman–Crippen MR) is 151 cm³/mol. The second-order valence-corrected chi connectivity index (χ2v) is 10.7. The lowest BCUT2D eigenvalue weighted by molar-refractivity contribution is -0.131. The number of primary amides is 1. The summed E-state index contributed by atoms with van der Waals surface area (Å²) in [6.45, 7) is 6.33. The van der Waals surface area contributed by atoms with Crippen LogP contribution in [0.3, 0.4) is 0 Å². The molecule has 0 bridgehead atoms. The largest absolute Gasteiger partial charge is 0.449 e. The van der Waals surface area contributed by atoms with Gasteiger partial charge in [-0.1, -0.05) is 69.3 Å². The Morgan fingerprint density at radius 2 is 1.59 bits per heavy atom. The van der Waals surface area contributed by atoms with Crippen molar-refractivity contribution in [1.29, 1.82) is 0 Å². The van der Waals surface area contributed by atoms with E-state index in [0.717, 1.165) is 22.3 Å². The van der Waals surface area contributed by atoms with Crippen molar-refractivity contribution in [2.45, 2.75) is 71.3 Å². The standard InChI is InChI=1S/C31H41N3O5/c1-4-10-29(36)34-27(28(35)18-21(30(32)37)17-20(2)3)15-9-16-33-31(38)39-19-26-24-13-7-5-11-22(24)23-12-6-8-14-25(23)26/h5-8,11-14,20-21,26-27H,4,9-10,15-19H2,1-3H3,(H2,32,37)(H,33,38)(H,34,36)/t21-,27+/m1/s1. The van der Waals surface area contributed by atoms with Crippen LogP contribution in [0.1, 0.15) is 76.3 Å². The number of fused-ring (bicyclic) bond motifs is 3. The number of carbonyl (C=O) groups excluding carboxylic acids is 4. The number of ketones is 1. The summed E-state index contributed by atoms with van der Waals surface area (Å²) in [6.07, 6.45) is 1.74. The van der Waals surface area contributed by atoms with Crippen LogP contribution >= 0.6 is 0 Å². The first kappa shape index (κ1) is 29.9. The van der Waals surface area contributed by atoms with E-state index in [4.69, 9.17) is 10.5 Å². The van der Waals surface area contributed by atoms with Crippen LogP contribution in [0.15, 0.2) is 48.5 Å². The van der Waals surface area contributed by atoms with Crippen molar-refractivity contribution in [1.82, 2.24) is 10.6 Å². The SMILES string of the molecule is CCCC(=O)N[C@@H](CCCNC(=O)OCC1c2ccccc2-c2ccccc21)C(=O)C[C@@H](CC(C)C)C(N)=O. The van der Waals surface area contributed by atoms with Crippen LogP contribution in [0, 0.1) is 11.8 Å².